The Hall–Kier alpha value is -4.84. The first-order valence-electron chi connectivity index (χ1n) is 12.8. The number of amides is 2. The molecule has 0 unspecified atom stereocenters. The lowest BCUT2D eigenvalue weighted by atomic mass is 10.0. The van der Waals surface area contributed by atoms with Gasteiger partial charge in [0.2, 0.25) is 0 Å². The number of aryl methyl sites for hydroxylation is 1. The van der Waals surface area contributed by atoms with E-state index in [0.29, 0.717) is 59.5 Å². The fraction of sp³-hybridized carbons (Fsp3) is 0.259. The van der Waals surface area contributed by atoms with Gasteiger partial charge in [-0.3, -0.25) is 14.6 Å². The van der Waals surface area contributed by atoms with Crippen molar-refractivity contribution in [3.05, 3.63) is 82.9 Å². The number of urea groups is 1. The number of carbonyl (C=O) groups excluding carboxylic acids is 1. The third-order valence-electron chi connectivity index (χ3n) is 6.54. The predicted molar refractivity (Wildman–Crippen MR) is 147 cm³/mol. The fourth-order valence-corrected chi connectivity index (χ4v) is 4.66. The molecule has 0 saturated heterocycles. The van der Waals surface area contributed by atoms with E-state index in [1.165, 1.54) is 6.33 Å². The van der Waals surface area contributed by atoms with Gasteiger partial charge in [0.15, 0.2) is 11.5 Å². The van der Waals surface area contributed by atoms with Gasteiger partial charge in [-0.1, -0.05) is 37.3 Å². The number of fused-ring (bicyclic) bond motifs is 2. The van der Waals surface area contributed by atoms with Gasteiger partial charge in [-0.2, -0.15) is 0 Å². The maximum atomic E-state index is 14.2. The van der Waals surface area contributed by atoms with Gasteiger partial charge in [0.25, 0.3) is 5.56 Å². The molecule has 0 fully saturated rings. The number of aromatic nitrogens is 6. The van der Waals surface area contributed by atoms with Crippen molar-refractivity contribution in [2.24, 2.45) is 0 Å². The third kappa shape index (κ3) is 5.41. The molecule has 200 valence electrons. The number of imidazole rings is 1. The summed E-state index contributed by atoms with van der Waals surface area (Å²) < 4.78 is 1.67. The first kappa shape index (κ1) is 25.8. The summed E-state index contributed by atoms with van der Waals surface area (Å²) in [5.41, 5.74) is 4.86. The minimum Gasteiger partial charge on any atom is -0.358 e. The molecule has 1 atom stereocenters. The number of anilines is 1. The zero-order chi connectivity index (χ0) is 27.2. The average Bonchev–Trinajstić information content (AvgIpc) is 3.46. The zero-order valence-electron chi connectivity index (χ0n) is 21.4. The number of rotatable bonds is 10. The number of hydrogen-bond acceptors (Lipinski definition) is 8. The Kier molecular flexibility index (Phi) is 7.73. The molecule has 0 spiro atoms. The molecule has 0 bridgehead atoms. The van der Waals surface area contributed by atoms with Crippen LogP contribution < -0.4 is 21.7 Å². The number of unbranched alkanes of at least 4 members (excludes halogenated alkanes) is 1. The predicted octanol–water partition coefficient (Wildman–Crippen LogP) is 3.63. The molecule has 0 aliphatic heterocycles. The van der Waals surface area contributed by atoms with Gasteiger partial charge in [0.05, 0.1) is 29.0 Å². The highest BCUT2D eigenvalue weighted by Gasteiger charge is 2.22. The smallest absolute Gasteiger partial charge is 0.338 e. The third-order valence-corrected chi connectivity index (χ3v) is 6.54. The molecule has 0 radical (unpaired) electrons. The lowest BCUT2D eigenvalue weighted by molar-refractivity contribution is 0.161. The van der Waals surface area contributed by atoms with Crippen molar-refractivity contribution < 1.29 is 10.0 Å². The molecule has 5 aromatic rings. The molecule has 5 rings (SSSR count). The van der Waals surface area contributed by atoms with E-state index in [1.807, 2.05) is 55.5 Å². The summed E-state index contributed by atoms with van der Waals surface area (Å²) in [6, 6.07) is 14.2. The van der Waals surface area contributed by atoms with Gasteiger partial charge in [-0.25, -0.2) is 30.2 Å². The summed E-state index contributed by atoms with van der Waals surface area (Å²) in [5.74, 6) is 1.15. The Morgan fingerprint density at radius 1 is 1.08 bits per heavy atom. The number of para-hydroxylation sites is 1. The first-order chi connectivity index (χ1) is 19.1. The van der Waals surface area contributed by atoms with E-state index >= 15 is 0 Å². The van der Waals surface area contributed by atoms with E-state index in [2.05, 4.69) is 30.6 Å². The van der Waals surface area contributed by atoms with Crippen molar-refractivity contribution in [3.8, 4) is 5.69 Å². The van der Waals surface area contributed by atoms with Crippen molar-refractivity contribution in [1.29, 1.82) is 0 Å². The molecular weight excluding hydrogens is 498 g/mol. The van der Waals surface area contributed by atoms with Crippen LogP contribution in [0.3, 0.4) is 0 Å². The van der Waals surface area contributed by atoms with Crippen LogP contribution in [0.4, 0.5) is 10.6 Å². The molecule has 0 aliphatic rings. The Labute approximate surface area is 223 Å². The van der Waals surface area contributed by atoms with Gasteiger partial charge in [0, 0.05) is 6.54 Å². The van der Waals surface area contributed by atoms with Crippen molar-refractivity contribution in [1.82, 2.24) is 40.3 Å². The quantitative estimate of drug-likeness (QED) is 0.104. The highest BCUT2D eigenvalue weighted by molar-refractivity contribution is 5.83. The SMILES string of the molecule is CC[C@H](Nc1ncnc2nc[nH]c12)c1nc2cccc(CCCCNC(=O)NO)c2c(=O)n1-c1ccccc1. The Balaban J connectivity index is 1.55. The number of hydrogen-bond donors (Lipinski definition) is 5. The van der Waals surface area contributed by atoms with Crippen molar-refractivity contribution >= 4 is 33.9 Å². The second-order valence-electron chi connectivity index (χ2n) is 9.01. The zero-order valence-corrected chi connectivity index (χ0v) is 21.4. The van der Waals surface area contributed by atoms with Crippen molar-refractivity contribution in [3.63, 3.8) is 0 Å². The molecule has 2 aromatic carbocycles. The second-order valence-corrected chi connectivity index (χ2v) is 9.01. The van der Waals surface area contributed by atoms with Crippen molar-refractivity contribution in [2.75, 3.05) is 11.9 Å². The standard InChI is InChI=1S/C27H29N9O3/c1-2-19(33-24-22-23(30-15-29-22)31-16-32-24)25-34-20-13-8-10-17(9-6-7-14-28-27(38)35-39)21(20)26(37)36(25)18-11-4-3-5-12-18/h3-5,8,10-13,15-16,19,39H,2,6-7,9,14H2,1H3,(H2,28,35,38)(H2,29,30,31,32,33)/t19-/m0/s1. The molecular formula is C27H29N9O3. The topological polar surface area (TPSA) is 163 Å². The van der Waals surface area contributed by atoms with Crippen LogP contribution in [-0.4, -0.2) is 47.3 Å². The molecule has 5 N–H and O–H groups in total. The summed E-state index contributed by atoms with van der Waals surface area (Å²) in [5, 5.41) is 15.2. The molecule has 2 amide bonds. The summed E-state index contributed by atoms with van der Waals surface area (Å²) in [4.78, 5) is 46.3. The molecule has 12 nitrogen and oxygen atoms in total. The van der Waals surface area contributed by atoms with Crippen LogP contribution in [0.25, 0.3) is 27.8 Å². The number of aromatic amines is 1. The largest absolute Gasteiger partial charge is 0.358 e. The Morgan fingerprint density at radius 2 is 1.92 bits per heavy atom. The molecule has 39 heavy (non-hydrogen) atoms. The molecule has 12 heteroatoms. The maximum absolute atomic E-state index is 14.2. The molecule has 0 aliphatic carbocycles. The Morgan fingerprint density at radius 3 is 2.72 bits per heavy atom. The number of hydroxylamine groups is 1. The normalized spacial score (nSPS) is 11.9. The number of H-pyrrole nitrogens is 1. The molecule has 0 saturated carbocycles. The van der Waals surface area contributed by atoms with Crippen LogP contribution in [0, 0.1) is 0 Å². The first-order valence-corrected chi connectivity index (χ1v) is 12.8. The minimum absolute atomic E-state index is 0.149. The summed E-state index contributed by atoms with van der Waals surface area (Å²) >= 11 is 0. The summed E-state index contributed by atoms with van der Waals surface area (Å²) in [6.45, 7) is 2.43. The van der Waals surface area contributed by atoms with E-state index in [1.54, 1.807) is 16.4 Å². The van der Waals surface area contributed by atoms with E-state index in [0.717, 1.165) is 17.7 Å². The van der Waals surface area contributed by atoms with Crippen LogP contribution in [0.1, 0.15) is 43.6 Å². The van der Waals surface area contributed by atoms with Crippen LogP contribution in [-0.2, 0) is 6.42 Å². The van der Waals surface area contributed by atoms with Crippen LogP contribution in [0.2, 0.25) is 0 Å². The highest BCUT2D eigenvalue weighted by atomic mass is 16.5. The van der Waals surface area contributed by atoms with E-state index in [4.69, 9.17) is 10.2 Å². The monoisotopic (exact) mass is 527 g/mol. The van der Waals surface area contributed by atoms with Crippen LogP contribution in [0.5, 0.6) is 0 Å². The lowest BCUT2D eigenvalue weighted by Gasteiger charge is -2.22. The average molecular weight is 528 g/mol. The lowest BCUT2D eigenvalue weighted by Crippen LogP contribution is -2.33. The summed E-state index contributed by atoms with van der Waals surface area (Å²) in [6.07, 6.45) is 5.72. The van der Waals surface area contributed by atoms with Crippen molar-refractivity contribution in [2.45, 2.75) is 38.6 Å². The van der Waals surface area contributed by atoms with E-state index < -0.39 is 6.03 Å². The number of nitrogens with one attached hydrogen (secondary N) is 4. The molecule has 3 heterocycles. The Bertz CT molecular complexity index is 1650. The number of benzene rings is 2. The summed E-state index contributed by atoms with van der Waals surface area (Å²) in [7, 11) is 0. The minimum atomic E-state index is -0.642. The number of nitrogens with zero attached hydrogens (tertiary/aromatic N) is 5. The van der Waals surface area contributed by atoms with Gasteiger partial charge < -0.3 is 15.6 Å². The van der Waals surface area contributed by atoms with Gasteiger partial charge in [-0.15, -0.1) is 0 Å². The maximum Gasteiger partial charge on any atom is 0.338 e. The molecule has 3 aromatic heterocycles. The van der Waals surface area contributed by atoms with Crippen LogP contribution in [0.15, 0.2) is 66.0 Å². The van der Waals surface area contributed by atoms with E-state index in [9.17, 15) is 9.59 Å². The van der Waals surface area contributed by atoms with Gasteiger partial charge in [-0.05, 0) is 49.4 Å². The highest BCUT2D eigenvalue weighted by Crippen LogP contribution is 2.27. The van der Waals surface area contributed by atoms with Gasteiger partial charge in [0.1, 0.15) is 17.7 Å². The van der Waals surface area contributed by atoms with Gasteiger partial charge >= 0.3 is 6.03 Å². The number of carbonyl (C=O) groups is 1. The van der Waals surface area contributed by atoms with Crippen LogP contribution >= 0.6 is 0 Å². The van der Waals surface area contributed by atoms with E-state index in [-0.39, 0.29) is 11.6 Å². The fourth-order valence-electron chi connectivity index (χ4n) is 4.66. The second kappa shape index (κ2) is 11.7.